The maximum absolute atomic E-state index is 12.3. The van der Waals surface area contributed by atoms with Gasteiger partial charge in [0.1, 0.15) is 11.5 Å². The summed E-state index contributed by atoms with van der Waals surface area (Å²) in [4.78, 5) is 24.7. The Morgan fingerprint density at radius 2 is 2.04 bits per heavy atom. The first-order valence-electron chi connectivity index (χ1n) is 9.32. The Morgan fingerprint density at radius 3 is 2.86 bits per heavy atom. The van der Waals surface area contributed by atoms with Gasteiger partial charge in [0.15, 0.2) is 0 Å². The number of amides is 1. The molecule has 3 aromatic heterocycles. The lowest BCUT2D eigenvalue weighted by Gasteiger charge is -2.03. The van der Waals surface area contributed by atoms with E-state index in [0.29, 0.717) is 12.2 Å². The molecule has 1 aromatic carbocycles. The molecule has 7 nitrogen and oxygen atoms in total. The van der Waals surface area contributed by atoms with E-state index in [1.807, 2.05) is 42.8 Å². The van der Waals surface area contributed by atoms with E-state index in [0.717, 1.165) is 53.2 Å². The van der Waals surface area contributed by atoms with Gasteiger partial charge in [0, 0.05) is 25.0 Å². The van der Waals surface area contributed by atoms with E-state index in [9.17, 15) is 4.79 Å². The second kappa shape index (κ2) is 8.35. The van der Waals surface area contributed by atoms with Crippen LogP contribution in [-0.2, 0) is 26.4 Å². The number of hydrogen-bond donors (Lipinski definition) is 2. The topological polar surface area (TPSA) is 88.5 Å². The van der Waals surface area contributed by atoms with Crippen molar-refractivity contribution in [3.63, 3.8) is 0 Å². The molecular formula is C20H22N6OS. The molecule has 0 saturated carbocycles. The Labute approximate surface area is 166 Å². The third kappa shape index (κ3) is 4.28. The lowest BCUT2D eigenvalue weighted by molar-refractivity contribution is 0.0945. The standard InChI is InChI=1S/C20H22N6OS/c1-26-14(10-11-22-26)12-21-20(27)17-13-28-19(25-17)9-5-4-8-18-23-15-6-2-3-7-16(15)24-18/h2-3,6-7,10-11,13H,4-5,8-9,12H2,1H3,(H,21,27)(H,23,24). The normalized spacial score (nSPS) is 11.2. The molecule has 28 heavy (non-hydrogen) atoms. The number of aromatic amines is 1. The van der Waals surface area contributed by atoms with Gasteiger partial charge in [-0.25, -0.2) is 9.97 Å². The number of aromatic nitrogens is 5. The maximum atomic E-state index is 12.3. The summed E-state index contributed by atoms with van der Waals surface area (Å²) in [6, 6.07) is 9.96. The van der Waals surface area contributed by atoms with Crippen molar-refractivity contribution in [1.29, 1.82) is 0 Å². The number of H-pyrrole nitrogens is 1. The third-order valence-corrected chi connectivity index (χ3v) is 5.54. The van der Waals surface area contributed by atoms with Gasteiger partial charge in [-0.3, -0.25) is 9.48 Å². The highest BCUT2D eigenvalue weighted by atomic mass is 32.1. The molecule has 2 N–H and O–H groups in total. The van der Waals surface area contributed by atoms with Crippen LogP contribution in [-0.4, -0.2) is 30.6 Å². The van der Waals surface area contributed by atoms with Crippen LogP contribution in [0.25, 0.3) is 11.0 Å². The number of nitrogens with zero attached hydrogens (tertiary/aromatic N) is 4. The summed E-state index contributed by atoms with van der Waals surface area (Å²) in [5.74, 6) is 0.876. The molecule has 4 aromatic rings. The molecule has 0 aliphatic heterocycles. The molecule has 0 radical (unpaired) electrons. The minimum atomic E-state index is -0.147. The van der Waals surface area contributed by atoms with Crippen molar-refractivity contribution in [2.45, 2.75) is 32.2 Å². The second-order valence-electron chi connectivity index (χ2n) is 6.66. The van der Waals surface area contributed by atoms with Crippen molar-refractivity contribution < 1.29 is 4.79 Å². The first kappa shape index (κ1) is 18.4. The van der Waals surface area contributed by atoms with Crippen LogP contribution in [0.5, 0.6) is 0 Å². The van der Waals surface area contributed by atoms with Crippen molar-refractivity contribution in [3.05, 3.63) is 64.1 Å². The minimum Gasteiger partial charge on any atom is -0.345 e. The number of thiazole rings is 1. The summed E-state index contributed by atoms with van der Waals surface area (Å²) >= 11 is 1.54. The van der Waals surface area contributed by atoms with Gasteiger partial charge in [0.2, 0.25) is 0 Å². The fraction of sp³-hybridized carbons (Fsp3) is 0.300. The predicted molar refractivity (Wildman–Crippen MR) is 109 cm³/mol. The lowest BCUT2D eigenvalue weighted by Crippen LogP contribution is -2.24. The monoisotopic (exact) mass is 394 g/mol. The zero-order chi connectivity index (χ0) is 19.3. The summed E-state index contributed by atoms with van der Waals surface area (Å²) in [6.45, 7) is 0.444. The number of carbonyl (C=O) groups is 1. The number of unbranched alkanes of at least 4 members (excludes halogenated alkanes) is 1. The van der Waals surface area contributed by atoms with Crippen LogP contribution in [0.4, 0.5) is 0 Å². The van der Waals surface area contributed by atoms with Gasteiger partial charge in [-0.1, -0.05) is 12.1 Å². The van der Waals surface area contributed by atoms with Crippen LogP contribution in [0.2, 0.25) is 0 Å². The summed E-state index contributed by atoms with van der Waals surface area (Å²) in [5.41, 5.74) is 3.53. The summed E-state index contributed by atoms with van der Waals surface area (Å²) in [7, 11) is 1.85. The van der Waals surface area contributed by atoms with E-state index in [2.05, 4.69) is 25.4 Å². The average molecular weight is 395 g/mol. The Bertz CT molecular complexity index is 1050. The third-order valence-electron chi connectivity index (χ3n) is 4.63. The molecule has 8 heteroatoms. The number of carbonyl (C=O) groups excluding carboxylic acids is 1. The Morgan fingerprint density at radius 1 is 1.18 bits per heavy atom. The number of hydrogen-bond acceptors (Lipinski definition) is 5. The molecule has 0 atom stereocenters. The molecule has 0 fully saturated rings. The highest BCUT2D eigenvalue weighted by Gasteiger charge is 2.11. The van der Waals surface area contributed by atoms with Crippen LogP contribution < -0.4 is 5.32 Å². The number of benzene rings is 1. The van der Waals surface area contributed by atoms with Crippen molar-refractivity contribution in [1.82, 2.24) is 30.0 Å². The van der Waals surface area contributed by atoms with Gasteiger partial charge in [-0.05, 0) is 37.5 Å². The zero-order valence-electron chi connectivity index (χ0n) is 15.7. The fourth-order valence-electron chi connectivity index (χ4n) is 3.06. The lowest BCUT2D eigenvalue weighted by atomic mass is 10.2. The number of rotatable bonds is 8. The zero-order valence-corrected chi connectivity index (χ0v) is 16.5. The van der Waals surface area contributed by atoms with Crippen molar-refractivity contribution in [2.24, 2.45) is 7.05 Å². The second-order valence-corrected chi connectivity index (χ2v) is 7.61. The van der Waals surface area contributed by atoms with E-state index in [1.165, 1.54) is 0 Å². The van der Waals surface area contributed by atoms with Gasteiger partial charge in [0.25, 0.3) is 5.91 Å². The quantitative estimate of drug-likeness (QED) is 0.449. The number of nitrogens with one attached hydrogen (secondary N) is 2. The Balaban J connectivity index is 1.23. The van der Waals surface area contributed by atoms with Crippen molar-refractivity contribution >= 4 is 28.3 Å². The van der Waals surface area contributed by atoms with Gasteiger partial charge in [-0.15, -0.1) is 11.3 Å². The molecular weight excluding hydrogens is 372 g/mol. The van der Waals surface area contributed by atoms with Gasteiger partial charge in [-0.2, -0.15) is 5.10 Å². The predicted octanol–water partition coefficient (Wildman–Crippen LogP) is 3.25. The molecule has 0 aliphatic rings. The number of fused-ring (bicyclic) bond motifs is 1. The van der Waals surface area contributed by atoms with Crippen LogP contribution in [0.1, 0.15) is 39.9 Å². The van der Waals surface area contributed by atoms with E-state index in [4.69, 9.17) is 0 Å². The van der Waals surface area contributed by atoms with E-state index >= 15 is 0 Å². The van der Waals surface area contributed by atoms with E-state index < -0.39 is 0 Å². The van der Waals surface area contributed by atoms with Crippen molar-refractivity contribution in [3.8, 4) is 0 Å². The molecule has 0 spiro atoms. The highest BCUT2D eigenvalue weighted by molar-refractivity contribution is 7.09. The average Bonchev–Trinajstić information content (AvgIpc) is 3.42. The van der Waals surface area contributed by atoms with E-state index in [-0.39, 0.29) is 5.91 Å². The van der Waals surface area contributed by atoms with Crippen molar-refractivity contribution in [2.75, 3.05) is 0 Å². The minimum absolute atomic E-state index is 0.147. The number of imidazole rings is 1. The molecule has 0 saturated heterocycles. The molecule has 4 rings (SSSR count). The summed E-state index contributed by atoms with van der Waals surface area (Å²) in [5, 5.41) is 9.80. The van der Waals surface area contributed by atoms with Crippen LogP contribution >= 0.6 is 11.3 Å². The first-order valence-corrected chi connectivity index (χ1v) is 10.2. The molecule has 0 unspecified atom stereocenters. The largest absolute Gasteiger partial charge is 0.345 e. The van der Waals surface area contributed by atoms with Crippen LogP contribution in [0.15, 0.2) is 41.9 Å². The smallest absolute Gasteiger partial charge is 0.271 e. The maximum Gasteiger partial charge on any atom is 0.271 e. The van der Waals surface area contributed by atoms with Crippen LogP contribution in [0, 0.1) is 0 Å². The molecule has 0 aliphatic carbocycles. The Kier molecular flexibility index (Phi) is 5.48. The van der Waals surface area contributed by atoms with Crippen LogP contribution in [0.3, 0.4) is 0 Å². The molecule has 1 amide bonds. The van der Waals surface area contributed by atoms with Gasteiger partial charge < -0.3 is 10.3 Å². The SMILES string of the molecule is Cn1nccc1CNC(=O)c1csc(CCCCc2nc3ccccc3[nH]2)n1. The highest BCUT2D eigenvalue weighted by Crippen LogP contribution is 2.15. The number of aryl methyl sites for hydroxylation is 3. The molecule has 3 heterocycles. The molecule has 144 valence electrons. The van der Waals surface area contributed by atoms with Gasteiger partial charge >= 0.3 is 0 Å². The Hall–Kier alpha value is -3.00. The molecule has 0 bridgehead atoms. The number of para-hydroxylation sites is 2. The fourth-order valence-corrected chi connectivity index (χ4v) is 3.88. The van der Waals surface area contributed by atoms with E-state index in [1.54, 1.807) is 22.2 Å². The van der Waals surface area contributed by atoms with Gasteiger partial charge in [0.05, 0.1) is 28.3 Å². The summed E-state index contributed by atoms with van der Waals surface area (Å²) in [6.07, 6.45) is 5.55. The summed E-state index contributed by atoms with van der Waals surface area (Å²) < 4.78 is 1.74. The first-order chi connectivity index (χ1) is 13.7.